The molecule has 0 aromatic heterocycles. The first-order valence-electron chi connectivity index (χ1n) is 3.64. The van der Waals surface area contributed by atoms with Crippen LogP contribution in [0.3, 0.4) is 0 Å². The number of hydrogen-bond donors (Lipinski definition) is 4. The lowest BCUT2D eigenvalue weighted by atomic mass is 10.1. The molecule has 0 bridgehead atoms. The van der Waals surface area contributed by atoms with Gasteiger partial charge in [-0.3, -0.25) is 0 Å². The van der Waals surface area contributed by atoms with Gasteiger partial charge in [0.2, 0.25) is 0 Å². The molecule has 0 unspecified atom stereocenters. The second-order valence-electron chi connectivity index (χ2n) is 2.76. The van der Waals surface area contributed by atoms with Gasteiger partial charge in [-0.05, 0) is 11.8 Å². The van der Waals surface area contributed by atoms with Gasteiger partial charge < -0.3 is 22.9 Å². The van der Waals surface area contributed by atoms with Crippen molar-refractivity contribution in [2.45, 2.75) is 6.92 Å². The lowest BCUT2D eigenvalue weighted by molar-refractivity contribution is 1.48. The van der Waals surface area contributed by atoms with Crippen molar-refractivity contribution in [3.8, 4) is 6.57 Å². The standard InChI is InChI=1S/C8H12N5/c1-3-4(9)6(11)7(12)8(13-2)5(3)10/h2H,9-12H2,1H3/q+1. The molecule has 1 aromatic rings. The highest BCUT2D eigenvalue weighted by Crippen LogP contribution is 2.41. The van der Waals surface area contributed by atoms with Crippen LogP contribution in [-0.2, 0) is 0 Å². The molecule has 0 aliphatic heterocycles. The lowest BCUT2D eigenvalue weighted by Gasteiger charge is -2.07. The van der Waals surface area contributed by atoms with Gasteiger partial charge in [-0.2, -0.15) is 0 Å². The molecule has 0 saturated carbocycles. The first kappa shape index (κ1) is 9.00. The highest BCUT2D eigenvalue weighted by atomic mass is 14.8. The van der Waals surface area contributed by atoms with Crippen molar-refractivity contribution in [3.05, 3.63) is 10.4 Å². The molecule has 5 heteroatoms. The van der Waals surface area contributed by atoms with E-state index in [0.717, 1.165) is 0 Å². The maximum atomic E-state index is 5.67. The summed E-state index contributed by atoms with van der Waals surface area (Å²) in [5.41, 5.74) is 24.7. The molecule has 8 N–H and O–H groups in total. The number of nitrogens with two attached hydrogens (primary N) is 4. The van der Waals surface area contributed by atoms with Gasteiger partial charge in [0, 0.05) is 5.56 Å². The van der Waals surface area contributed by atoms with Crippen molar-refractivity contribution in [1.82, 2.24) is 0 Å². The van der Waals surface area contributed by atoms with Gasteiger partial charge in [-0.15, -0.1) is 0 Å². The second-order valence-corrected chi connectivity index (χ2v) is 2.76. The average molecular weight is 178 g/mol. The Bertz CT molecular complexity index is 373. The molecule has 68 valence electrons. The van der Waals surface area contributed by atoms with Gasteiger partial charge in [0.1, 0.15) is 5.69 Å². The van der Waals surface area contributed by atoms with E-state index in [9.17, 15) is 0 Å². The molecule has 0 aliphatic rings. The van der Waals surface area contributed by atoms with Gasteiger partial charge in [-0.25, -0.2) is 0 Å². The smallest absolute Gasteiger partial charge is 0.387 e. The fourth-order valence-corrected chi connectivity index (χ4v) is 1.08. The summed E-state index contributed by atoms with van der Waals surface area (Å²) >= 11 is 0. The number of nitrogens with zero attached hydrogens (tertiary/aromatic N) is 1. The summed E-state index contributed by atoms with van der Waals surface area (Å²) in [5.74, 6) is 0. The Balaban J connectivity index is 3.69. The topological polar surface area (TPSA) is 108 Å². The van der Waals surface area contributed by atoms with E-state index in [-0.39, 0.29) is 11.4 Å². The van der Waals surface area contributed by atoms with Crippen molar-refractivity contribution in [1.29, 1.82) is 0 Å². The fraction of sp³-hybridized carbons (Fsp3) is 0.125. The number of anilines is 4. The summed E-state index contributed by atoms with van der Waals surface area (Å²) in [5, 5.41) is 0. The van der Waals surface area contributed by atoms with Gasteiger partial charge in [0.25, 0.3) is 6.57 Å². The molecule has 0 aliphatic carbocycles. The van der Waals surface area contributed by atoms with Gasteiger partial charge >= 0.3 is 5.69 Å². The van der Waals surface area contributed by atoms with E-state index in [4.69, 9.17) is 29.5 Å². The van der Waals surface area contributed by atoms with E-state index in [1.165, 1.54) is 0 Å². The average Bonchev–Trinajstić information content (AvgIpc) is 2.13. The lowest BCUT2D eigenvalue weighted by Crippen LogP contribution is -2.05. The maximum absolute atomic E-state index is 5.67. The van der Waals surface area contributed by atoms with Crippen LogP contribution in [0.1, 0.15) is 5.56 Å². The normalized spacial score (nSPS) is 9.54. The van der Waals surface area contributed by atoms with Crippen molar-refractivity contribution in [3.63, 3.8) is 0 Å². The van der Waals surface area contributed by atoms with Crippen molar-refractivity contribution in [2.75, 3.05) is 22.9 Å². The minimum Gasteiger partial charge on any atom is -0.397 e. The Kier molecular flexibility index (Phi) is 1.91. The Morgan fingerprint density at radius 1 is 0.923 bits per heavy atom. The molecule has 0 fully saturated rings. The molecule has 13 heavy (non-hydrogen) atoms. The largest absolute Gasteiger partial charge is 0.397 e. The number of rotatable bonds is 0. The van der Waals surface area contributed by atoms with Crippen LogP contribution in [0, 0.1) is 13.5 Å². The fourth-order valence-electron chi connectivity index (χ4n) is 1.08. The molecule has 5 nitrogen and oxygen atoms in total. The number of hydrogen-bond acceptors (Lipinski definition) is 4. The molecule has 0 radical (unpaired) electrons. The minimum atomic E-state index is 0.225. The Morgan fingerprint density at radius 3 is 1.92 bits per heavy atom. The molecule has 1 rings (SSSR count). The zero-order chi connectivity index (χ0) is 10.2. The summed E-state index contributed by atoms with van der Waals surface area (Å²) in [7, 11) is 0. The molecule has 0 spiro atoms. The van der Waals surface area contributed by atoms with Crippen LogP contribution in [0.2, 0.25) is 0 Å². The predicted molar refractivity (Wildman–Crippen MR) is 56.8 cm³/mol. The van der Waals surface area contributed by atoms with E-state index in [1.54, 1.807) is 6.92 Å². The molecular formula is C8H12N5+. The highest BCUT2D eigenvalue weighted by Gasteiger charge is 2.21. The molecule has 0 heterocycles. The van der Waals surface area contributed by atoms with E-state index in [2.05, 4.69) is 4.85 Å². The van der Waals surface area contributed by atoms with Gasteiger partial charge in [0.15, 0.2) is 5.69 Å². The molecule has 0 atom stereocenters. The van der Waals surface area contributed by atoms with E-state index in [0.29, 0.717) is 22.6 Å². The van der Waals surface area contributed by atoms with E-state index < -0.39 is 0 Å². The van der Waals surface area contributed by atoms with Crippen molar-refractivity contribution < 1.29 is 0 Å². The molecular weight excluding hydrogens is 166 g/mol. The van der Waals surface area contributed by atoms with Crippen LogP contribution in [0.15, 0.2) is 0 Å². The van der Waals surface area contributed by atoms with Crippen LogP contribution in [-0.4, -0.2) is 0 Å². The zero-order valence-electron chi connectivity index (χ0n) is 7.33. The maximum Gasteiger partial charge on any atom is 0.387 e. The van der Waals surface area contributed by atoms with Crippen LogP contribution in [0.5, 0.6) is 0 Å². The summed E-state index contributed by atoms with van der Waals surface area (Å²) in [4.78, 5) is 3.45. The van der Waals surface area contributed by atoms with E-state index >= 15 is 0 Å². The van der Waals surface area contributed by atoms with Gasteiger partial charge in [-0.1, -0.05) is 0 Å². The third kappa shape index (κ3) is 1.08. The van der Waals surface area contributed by atoms with Crippen LogP contribution in [0.4, 0.5) is 28.4 Å². The molecule has 0 saturated heterocycles. The van der Waals surface area contributed by atoms with Crippen molar-refractivity contribution in [2.24, 2.45) is 0 Å². The molecule has 1 aromatic carbocycles. The quantitative estimate of drug-likeness (QED) is 0.443. The third-order valence-electron chi connectivity index (χ3n) is 2.03. The van der Waals surface area contributed by atoms with Crippen LogP contribution < -0.4 is 22.9 Å². The highest BCUT2D eigenvalue weighted by molar-refractivity contribution is 5.97. The SMILES string of the molecule is C#[N+]c1c(N)c(C)c(N)c(N)c1N. The zero-order valence-corrected chi connectivity index (χ0v) is 7.33. The van der Waals surface area contributed by atoms with E-state index in [1.807, 2.05) is 0 Å². The number of nitrogen functional groups attached to an aromatic ring is 4. The molecule has 0 amide bonds. The monoisotopic (exact) mass is 178 g/mol. The summed E-state index contributed by atoms with van der Waals surface area (Å²) in [6, 6.07) is 0. The number of benzene rings is 1. The predicted octanol–water partition coefficient (Wildman–Crippen LogP) is 0.918. The summed E-state index contributed by atoms with van der Waals surface area (Å²) in [6.07, 6.45) is 0. The van der Waals surface area contributed by atoms with Gasteiger partial charge in [0.05, 0.1) is 11.4 Å². The summed E-state index contributed by atoms with van der Waals surface area (Å²) < 4.78 is 0. The first-order chi connectivity index (χ1) is 6.00. The Labute approximate surface area is 76.1 Å². The van der Waals surface area contributed by atoms with Crippen molar-refractivity contribution >= 4 is 28.4 Å². The Morgan fingerprint density at radius 2 is 1.46 bits per heavy atom. The summed E-state index contributed by atoms with van der Waals surface area (Å²) in [6.45, 7) is 6.84. The minimum absolute atomic E-state index is 0.225. The third-order valence-corrected chi connectivity index (χ3v) is 2.03. The van der Waals surface area contributed by atoms with Crippen LogP contribution in [0.25, 0.3) is 4.85 Å². The first-order valence-corrected chi connectivity index (χ1v) is 3.64. The second kappa shape index (κ2) is 2.75. The van der Waals surface area contributed by atoms with Crippen LogP contribution >= 0.6 is 0 Å². The Hall–Kier alpha value is -2.09.